The van der Waals surface area contributed by atoms with Crippen LogP contribution < -0.4 is 10.6 Å². The van der Waals surface area contributed by atoms with E-state index in [4.69, 9.17) is 4.74 Å². The molecule has 5 heterocycles. The van der Waals surface area contributed by atoms with Gasteiger partial charge in [0.15, 0.2) is 0 Å². The van der Waals surface area contributed by atoms with Gasteiger partial charge < -0.3 is 15.4 Å². The summed E-state index contributed by atoms with van der Waals surface area (Å²) in [6.45, 7) is 1.87. The first-order valence-electron chi connectivity index (χ1n) is 12.0. The number of aromatic nitrogens is 3. The third-order valence-corrected chi connectivity index (χ3v) is 7.46. The summed E-state index contributed by atoms with van der Waals surface area (Å²) in [5.41, 5.74) is 5.42. The summed E-state index contributed by atoms with van der Waals surface area (Å²) >= 11 is 0. The van der Waals surface area contributed by atoms with Crippen LogP contribution in [0.4, 0.5) is 15.9 Å². The van der Waals surface area contributed by atoms with Gasteiger partial charge in [-0.25, -0.2) is 14.4 Å². The molecule has 0 spiro atoms. The highest BCUT2D eigenvalue weighted by molar-refractivity contribution is 6.06. The van der Waals surface area contributed by atoms with Crippen molar-refractivity contribution in [3.05, 3.63) is 77.5 Å². The average Bonchev–Trinajstić information content (AvgIpc) is 3.49. The van der Waals surface area contributed by atoms with Crippen molar-refractivity contribution < 1.29 is 13.9 Å². The van der Waals surface area contributed by atoms with Gasteiger partial charge in [-0.05, 0) is 56.3 Å². The number of amides is 1. The number of hydrogen-bond donors (Lipinski definition) is 2. The number of benzene rings is 1. The monoisotopic (exact) mass is 486 g/mol. The van der Waals surface area contributed by atoms with Crippen molar-refractivity contribution in [1.29, 1.82) is 0 Å². The van der Waals surface area contributed by atoms with Gasteiger partial charge >= 0.3 is 0 Å². The van der Waals surface area contributed by atoms with Crippen molar-refractivity contribution >= 4 is 23.1 Å². The lowest BCUT2D eigenvalue weighted by atomic mass is 9.82. The molecule has 1 amide bonds. The second kappa shape index (κ2) is 8.69. The SMILES string of the molecule is CN(C)C1(c2ccc(Nc3ccc(-c4cnc5cc(F)ccn45)c4c3C(=O)NC4)nc2)CCOCC1. The Morgan fingerprint density at radius 3 is 2.69 bits per heavy atom. The molecule has 1 saturated heterocycles. The summed E-state index contributed by atoms with van der Waals surface area (Å²) in [5.74, 6) is 0.187. The van der Waals surface area contributed by atoms with Crippen LogP contribution in [0.2, 0.25) is 0 Å². The van der Waals surface area contributed by atoms with Gasteiger partial charge in [0, 0.05) is 43.8 Å². The molecule has 0 atom stereocenters. The van der Waals surface area contributed by atoms with Crippen LogP contribution in [0.5, 0.6) is 0 Å². The van der Waals surface area contributed by atoms with Crippen molar-refractivity contribution in [2.45, 2.75) is 24.9 Å². The minimum absolute atomic E-state index is 0.0938. The third-order valence-electron chi connectivity index (χ3n) is 7.46. The zero-order valence-electron chi connectivity index (χ0n) is 20.2. The number of hydrogen-bond acceptors (Lipinski definition) is 6. The molecule has 0 bridgehead atoms. The molecule has 2 aliphatic rings. The minimum atomic E-state index is -0.340. The highest BCUT2D eigenvalue weighted by Crippen LogP contribution is 2.38. The molecular formula is C27H27FN6O2. The number of nitrogens with zero attached hydrogens (tertiary/aromatic N) is 4. The number of anilines is 2. The number of nitrogens with one attached hydrogen (secondary N) is 2. The molecule has 8 nitrogen and oxygen atoms in total. The maximum atomic E-state index is 13.6. The number of imidazole rings is 1. The summed E-state index contributed by atoms with van der Waals surface area (Å²) in [4.78, 5) is 24.1. The Kier molecular flexibility index (Phi) is 5.46. The van der Waals surface area contributed by atoms with Crippen LogP contribution in [0.3, 0.4) is 0 Å². The Morgan fingerprint density at radius 1 is 1.11 bits per heavy atom. The standard InChI is InChI=1S/C27H27FN6O2/c1-33(2)27(8-11-36-12-9-27)17-3-6-23(29-14-17)32-21-5-4-19(20-15-31-26(35)25(20)21)22-16-30-24-13-18(28)7-10-34(22)24/h3-7,10,13-14,16H,8-9,11-12,15H2,1-2H3,(H,29,32)(H,31,35). The average molecular weight is 487 g/mol. The summed E-state index contributed by atoms with van der Waals surface area (Å²) in [6, 6.07) is 10.7. The molecule has 6 rings (SSSR count). The molecule has 1 aromatic carbocycles. The van der Waals surface area contributed by atoms with E-state index in [0.29, 0.717) is 29.3 Å². The Morgan fingerprint density at radius 2 is 1.94 bits per heavy atom. The molecule has 2 aliphatic heterocycles. The molecule has 36 heavy (non-hydrogen) atoms. The molecule has 184 valence electrons. The van der Waals surface area contributed by atoms with E-state index in [-0.39, 0.29) is 17.3 Å². The second-order valence-corrected chi connectivity index (χ2v) is 9.51. The molecule has 3 aromatic heterocycles. The predicted octanol–water partition coefficient (Wildman–Crippen LogP) is 4.09. The van der Waals surface area contributed by atoms with Crippen LogP contribution in [-0.4, -0.2) is 52.5 Å². The fraction of sp³-hybridized carbons (Fsp3) is 0.296. The Balaban J connectivity index is 1.33. The van der Waals surface area contributed by atoms with Gasteiger partial charge in [0.2, 0.25) is 0 Å². The summed E-state index contributed by atoms with van der Waals surface area (Å²) in [6.07, 6.45) is 7.11. The number of carbonyl (C=O) groups is 1. The second-order valence-electron chi connectivity index (χ2n) is 9.51. The first-order chi connectivity index (χ1) is 17.5. The van der Waals surface area contributed by atoms with Crippen molar-refractivity contribution in [2.75, 3.05) is 32.6 Å². The van der Waals surface area contributed by atoms with E-state index in [0.717, 1.165) is 48.4 Å². The van der Waals surface area contributed by atoms with Crippen LogP contribution in [0.25, 0.3) is 16.9 Å². The molecule has 9 heteroatoms. The van der Waals surface area contributed by atoms with Crippen LogP contribution in [0.15, 0.2) is 55.0 Å². The van der Waals surface area contributed by atoms with Crippen molar-refractivity contribution in [2.24, 2.45) is 0 Å². The molecule has 1 fully saturated rings. The van der Waals surface area contributed by atoms with Gasteiger partial charge in [-0.2, -0.15) is 0 Å². The van der Waals surface area contributed by atoms with E-state index >= 15 is 0 Å². The minimum Gasteiger partial charge on any atom is -0.381 e. The molecule has 0 unspecified atom stereocenters. The summed E-state index contributed by atoms with van der Waals surface area (Å²) in [7, 11) is 4.20. The maximum Gasteiger partial charge on any atom is 0.254 e. The first kappa shape index (κ1) is 22.6. The zero-order valence-corrected chi connectivity index (χ0v) is 20.2. The quantitative estimate of drug-likeness (QED) is 0.442. The third kappa shape index (κ3) is 3.63. The van der Waals surface area contributed by atoms with E-state index in [1.165, 1.54) is 12.1 Å². The Bertz CT molecular complexity index is 1460. The summed E-state index contributed by atoms with van der Waals surface area (Å²) in [5, 5.41) is 6.28. The zero-order chi connectivity index (χ0) is 24.9. The van der Waals surface area contributed by atoms with E-state index in [9.17, 15) is 9.18 Å². The highest BCUT2D eigenvalue weighted by atomic mass is 19.1. The van der Waals surface area contributed by atoms with Crippen molar-refractivity contribution in [1.82, 2.24) is 24.6 Å². The predicted molar refractivity (Wildman–Crippen MR) is 135 cm³/mol. The lowest BCUT2D eigenvalue weighted by Crippen LogP contribution is -2.45. The summed E-state index contributed by atoms with van der Waals surface area (Å²) < 4.78 is 21.1. The fourth-order valence-corrected chi connectivity index (χ4v) is 5.43. The van der Waals surface area contributed by atoms with Gasteiger partial charge in [0.1, 0.15) is 17.3 Å². The van der Waals surface area contributed by atoms with Crippen LogP contribution in [-0.2, 0) is 16.8 Å². The highest BCUT2D eigenvalue weighted by Gasteiger charge is 2.37. The van der Waals surface area contributed by atoms with E-state index in [1.54, 1.807) is 12.4 Å². The number of rotatable bonds is 5. The van der Waals surface area contributed by atoms with Crippen molar-refractivity contribution in [3.8, 4) is 11.3 Å². The molecule has 0 radical (unpaired) electrons. The molecule has 0 saturated carbocycles. The largest absolute Gasteiger partial charge is 0.381 e. The van der Waals surface area contributed by atoms with Crippen LogP contribution >= 0.6 is 0 Å². The van der Waals surface area contributed by atoms with Gasteiger partial charge in [-0.3, -0.25) is 14.1 Å². The normalized spacial score (nSPS) is 16.8. The van der Waals surface area contributed by atoms with Gasteiger partial charge in [-0.1, -0.05) is 12.1 Å². The van der Waals surface area contributed by atoms with Crippen LogP contribution in [0, 0.1) is 5.82 Å². The smallest absolute Gasteiger partial charge is 0.254 e. The Hall–Kier alpha value is -3.82. The van der Waals surface area contributed by atoms with E-state index < -0.39 is 0 Å². The van der Waals surface area contributed by atoms with Gasteiger partial charge in [0.05, 0.1) is 28.7 Å². The number of fused-ring (bicyclic) bond motifs is 2. The number of carbonyl (C=O) groups excluding carboxylic acids is 1. The maximum absolute atomic E-state index is 13.6. The topological polar surface area (TPSA) is 83.8 Å². The van der Waals surface area contributed by atoms with E-state index in [2.05, 4.69) is 45.7 Å². The Labute approximate surface area is 208 Å². The fourth-order valence-electron chi connectivity index (χ4n) is 5.43. The first-order valence-corrected chi connectivity index (χ1v) is 12.0. The van der Waals surface area contributed by atoms with Gasteiger partial charge in [0.25, 0.3) is 5.91 Å². The van der Waals surface area contributed by atoms with E-state index in [1.807, 2.05) is 28.8 Å². The lowest BCUT2D eigenvalue weighted by molar-refractivity contribution is -0.0106. The number of halogens is 1. The molecular weight excluding hydrogens is 459 g/mol. The van der Waals surface area contributed by atoms with Crippen LogP contribution in [0.1, 0.15) is 34.3 Å². The lowest BCUT2D eigenvalue weighted by Gasteiger charge is -2.43. The number of pyridine rings is 2. The molecule has 2 N–H and O–H groups in total. The number of ether oxygens (including phenoxy) is 1. The van der Waals surface area contributed by atoms with Gasteiger partial charge in [-0.15, -0.1) is 0 Å². The molecule has 4 aromatic rings. The van der Waals surface area contributed by atoms with Crippen molar-refractivity contribution in [3.63, 3.8) is 0 Å². The molecule has 0 aliphatic carbocycles.